The van der Waals surface area contributed by atoms with Gasteiger partial charge in [0.25, 0.3) is 0 Å². The van der Waals surface area contributed by atoms with Gasteiger partial charge in [0.2, 0.25) is 5.91 Å². The van der Waals surface area contributed by atoms with Crippen molar-refractivity contribution in [2.24, 2.45) is 0 Å². The van der Waals surface area contributed by atoms with Crippen LogP contribution in [0.5, 0.6) is 0 Å². The van der Waals surface area contributed by atoms with Gasteiger partial charge in [-0.1, -0.05) is 30.0 Å². The summed E-state index contributed by atoms with van der Waals surface area (Å²) >= 11 is 1.30. The highest BCUT2D eigenvalue weighted by atomic mass is 32.2. The molecule has 0 bridgehead atoms. The van der Waals surface area contributed by atoms with Crippen molar-refractivity contribution in [3.05, 3.63) is 36.7 Å². The molecule has 0 spiro atoms. The van der Waals surface area contributed by atoms with Crippen molar-refractivity contribution in [1.29, 1.82) is 0 Å². The molecule has 1 unspecified atom stereocenters. The lowest BCUT2D eigenvalue weighted by atomic mass is 10.3. The summed E-state index contributed by atoms with van der Waals surface area (Å²) in [5.41, 5.74) is 0.631. The van der Waals surface area contributed by atoms with Crippen molar-refractivity contribution in [3.8, 4) is 0 Å². The first-order valence-corrected chi connectivity index (χ1v) is 8.24. The van der Waals surface area contributed by atoms with Gasteiger partial charge in [-0.25, -0.2) is 4.79 Å². The first kappa shape index (κ1) is 15.5. The molecule has 1 fully saturated rings. The summed E-state index contributed by atoms with van der Waals surface area (Å²) in [5, 5.41) is 13.1. The molecule has 8 heteroatoms. The number of carbonyl (C=O) groups is 2. The van der Waals surface area contributed by atoms with E-state index in [1.807, 2.05) is 10.6 Å². The summed E-state index contributed by atoms with van der Waals surface area (Å²) in [7, 11) is 0. The fraction of sp³-hybridized carbons (Fsp3) is 0.333. The van der Waals surface area contributed by atoms with Crippen molar-refractivity contribution >= 4 is 29.4 Å². The average molecular weight is 331 g/mol. The van der Waals surface area contributed by atoms with Crippen molar-refractivity contribution in [2.45, 2.75) is 36.2 Å². The Morgan fingerprint density at radius 3 is 2.74 bits per heavy atom. The number of imide groups is 1. The minimum absolute atomic E-state index is 0.367. The Balaban J connectivity index is 1.53. The molecule has 1 aliphatic rings. The van der Waals surface area contributed by atoms with E-state index in [2.05, 4.69) is 20.8 Å². The molecule has 3 amide bonds. The second-order valence-corrected chi connectivity index (χ2v) is 6.63. The maximum atomic E-state index is 12.1. The average Bonchev–Trinajstić information content (AvgIpc) is 3.28. The molecule has 2 aromatic rings. The highest BCUT2D eigenvalue weighted by molar-refractivity contribution is 8.00. The van der Waals surface area contributed by atoms with E-state index in [4.69, 9.17) is 0 Å². The van der Waals surface area contributed by atoms with Crippen LogP contribution in [0.4, 0.5) is 10.5 Å². The molecular weight excluding hydrogens is 314 g/mol. The van der Waals surface area contributed by atoms with Gasteiger partial charge in [-0.2, -0.15) is 0 Å². The molecular formula is C15H17N5O2S. The lowest BCUT2D eigenvalue weighted by molar-refractivity contribution is -0.119. The van der Waals surface area contributed by atoms with Crippen LogP contribution in [0.15, 0.2) is 41.8 Å². The molecule has 7 nitrogen and oxygen atoms in total. The van der Waals surface area contributed by atoms with Gasteiger partial charge >= 0.3 is 6.03 Å². The van der Waals surface area contributed by atoms with E-state index in [-0.39, 0.29) is 5.91 Å². The lowest BCUT2D eigenvalue weighted by Crippen LogP contribution is -2.38. The minimum Gasteiger partial charge on any atom is -0.308 e. The Kier molecular flexibility index (Phi) is 4.61. The van der Waals surface area contributed by atoms with Gasteiger partial charge in [-0.05, 0) is 31.9 Å². The molecule has 120 valence electrons. The number of thioether (sulfide) groups is 1. The number of hydrogen-bond donors (Lipinski definition) is 2. The number of benzene rings is 1. The van der Waals surface area contributed by atoms with E-state index in [1.165, 1.54) is 11.8 Å². The summed E-state index contributed by atoms with van der Waals surface area (Å²) in [6.45, 7) is 1.74. The fourth-order valence-electron chi connectivity index (χ4n) is 2.03. The van der Waals surface area contributed by atoms with Crippen molar-refractivity contribution in [1.82, 2.24) is 20.1 Å². The van der Waals surface area contributed by atoms with Gasteiger partial charge in [-0.3, -0.25) is 10.1 Å². The number of amides is 3. The van der Waals surface area contributed by atoms with Gasteiger partial charge in [0.1, 0.15) is 6.33 Å². The normalized spacial score (nSPS) is 15.0. The molecule has 1 atom stereocenters. The summed E-state index contributed by atoms with van der Waals surface area (Å²) < 4.78 is 1.98. The zero-order valence-corrected chi connectivity index (χ0v) is 13.4. The van der Waals surface area contributed by atoms with Crippen LogP contribution in [-0.4, -0.2) is 32.0 Å². The third-order valence-electron chi connectivity index (χ3n) is 3.40. The number of carbonyl (C=O) groups excluding carboxylic acids is 2. The van der Waals surface area contributed by atoms with E-state index in [0.29, 0.717) is 16.9 Å². The predicted molar refractivity (Wildman–Crippen MR) is 87.2 cm³/mol. The monoisotopic (exact) mass is 331 g/mol. The lowest BCUT2D eigenvalue weighted by Gasteiger charge is -2.12. The fourth-order valence-corrected chi connectivity index (χ4v) is 2.92. The first-order chi connectivity index (χ1) is 11.1. The summed E-state index contributed by atoms with van der Waals surface area (Å²) in [5.74, 6) is -0.367. The van der Waals surface area contributed by atoms with Crippen LogP contribution >= 0.6 is 11.8 Å². The molecule has 1 aromatic carbocycles. The van der Waals surface area contributed by atoms with Crippen LogP contribution in [0.3, 0.4) is 0 Å². The number of nitrogens with one attached hydrogen (secondary N) is 2. The first-order valence-electron chi connectivity index (χ1n) is 7.36. The summed E-state index contributed by atoms with van der Waals surface area (Å²) in [4.78, 5) is 23.9. The number of para-hydroxylation sites is 1. The number of urea groups is 1. The summed E-state index contributed by atoms with van der Waals surface area (Å²) in [6, 6.07) is 8.87. The predicted octanol–water partition coefficient (Wildman–Crippen LogP) is 2.44. The Morgan fingerprint density at radius 1 is 1.30 bits per heavy atom. The highest BCUT2D eigenvalue weighted by Gasteiger charge is 2.28. The molecule has 1 heterocycles. The summed E-state index contributed by atoms with van der Waals surface area (Å²) in [6.07, 6.45) is 3.92. The van der Waals surface area contributed by atoms with Crippen molar-refractivity contribution in [3.63, 3.8) is 0 Å². The van der Waals surface area contributed by atoms with Crippen molar-refractivity contribution < 1.29 is 9.59 Å². The number of nitrogens with zero attached hydrogens (tertiary/aromatic N) is 3. The van der Waals surface area contributed by atoms with E-state index in [1.54, 1.807) is 37.5 Å². The standard InChI is InChI=1S/C15H17N5O2S/c1-10(23-15-19-16-9-20(15)12-7-8-12)13(21)18-14(22)17-11-5-3-2-4-6-11/h2-6,9-10,12H,7-8H2,1H3,(H2,17,18,21,22). The molecule has 0 saturated heterocycles. The molecule has 1 aromatic heterocycles. The van der Waals surface area contributed by atoms with Crippen LogP contribution in [0, 0.1) is 0 Å². The number of aromatic nitrogens is 3. The zero-order valence-electron chi connectivity index (χ0n) is 12.6. The third kappa shape index (κ3) is 4.10. The second kappa shape index (κ2) is 6.82. The maximum absolute atomic E-state index is 12.1. The molecule has 2 N–H and O–H groups in total. The second-order valence-electron chi connectivity index (χ2n) is 5.32. The number of hydrogen-bond acceptors (Lipinski definition) is 5. The molecule has 23 heavy (non-hydrogen) atoms. The minimum atomic E-state index is -0.544. The molecule has 1 aliphatic carbocycles. The zero-order chi connectivity index (χ0) is 16.2. The van der Waals surface area contributed by atoms with E-state index < -0.39 is 11.3 Å². The Hall–Kier alpha value is -2.35. The third-order valence-corrected chi connectivity index (χ3v) is 4.47. The Morgan fingerprint density at radius 2 is 2.04 bits per heavy atom. The number of anilines is 1. The van der Waals surface area contributed by atoms with Crippen LogP contribution in [0.2, 0.25) is 0 Å². The van der Waals surface area contributed by atoms with Crippen molar-refractivity contribution in [2.75, 3.05) is 5.32 Å². The van der Waals surface area contributed by atoms with E-state index >= 15 is 0 Å². The molecule has 0 radical (unpaired) electrons. The van der Waals surface area contributed by atoms with Gasteiger partial charge in [0.05, 0.1) is 5.25 Å². The maximum Gasteiger partial charge on any atom is 0.325 e. The largest absolute Gasteiger partial charge is 0.325 e. The van der Waals surface area contributed by atoms with Crippen LogP contribution in [0.25, 0.3) is 0 Å². The van der Waals surface area contributed by atoms with Gasteiger partial charge < -0.3 is 9.88 Å². The Labute approximate surface area is 137 Å². The van der Waals surface area contributed by atoms with Crippen LogP contribution in [0.1, 0.15) is 25.8 Å². The van der Waals surface area contributed by atoms with E-state index in [9.17, 15) is 9.59 Å². The molecule has 0 aliphatic heterocycles. The highest BCUT2D eigenvalue weighted by Crippen LogP contribution is 2.37. The van der Waals surface area contributed by atoms with Gasteiger partial charge in [0, 0.05) is 11.7 Å². The Bertz CT molecular complexity index is 699. The number of rotatable bonds is 5. The van der Waals surface area contributed by atoms with Gasteiger partial charge in [-0.15, -0.1) is 10.2 Å². The molecule has 3 rings (SSSR count). The molecule has 1 saturated carbocycles. The topological polar surface area (TPSA) is 88.9 Å². The van der Waals surface area contributed by atoms with Gasteiger partial charge in [0.15, 0.2) is 5.16 Å². The van der Waals surface area contributed by atoms with Crippen LogP contribution < -0.4 is 10.6 Å². The van der Waals surface area contributed by atoms with Crippen LogP contribution in [-0.2, 0) is 4.79 Å². The SMILES string of the molecule is CC(Sc1nncn1C1CC1)C(=O)NC(=O)Nc1ccccc1. The smallest absolute Gasteiger partial charge is 0.308 e. The quantitative estimate of drug-likeness (QED) is 0.822. The van der Waals surface area contributed by atoms with E-state index in [0.717, 1.165) is 12.8 Å².